The van der Waals surface area contributed by atoms with Crippen LogP contribution in [0.25, 0.3) is 0 Å². The van der Waals surface area contributed by atoms with Crippen LogP contribution in [0.3, 0.4) is 0 Å². The van der Waals surface area contributed by atoms with E-state index in [9.17, 15) is 21.6 Å². The molecule has 0 atom stereocenters. The SMILES string of the molecule is Cc1ccc(S(=O)(=O)Nc2ccccc2OC(F)F)cc1F. The molecule has 0 spiro atoms. The number of hydrogen-bond donors (Lipinski definition) is 1. The highest BCUT2D eigenvalue weighted by Gasteiger charge is 2.18. The second-order valence-electron chi connectivity index (χ2n) is 4.39. The van der Waals surface area contributed by atoms with E-state index in [0.29, 0.717) is 5.56 Å². The maximum Gasteiger partial charge on any atom is 0.387 e. The van der Waals surface area contributed by atoms with Crippen LogP contribution in [-0.4, -0.2) is 15.0 Å². The molecule has 0 radical (unpaired) electrons. The van der Waals surface area contributed by atoms with Crippen LogP contribution in [-0.2, 0) is 10.0 Å². The third kappa shape index (κ3) is 3.70. The summed E-state index contributed by atoms with van der Waals surface area (Å²) in [5.41, 5.74) is 0.129. The Hall–Kier alpha value is -2.22. The summed E-state index contributed by atoms with van der Waals surface area (Å²) in [5, 5.41) is 0. The maximum atomic E-state index is 13.5. The van der Waals surface area contributed by atoms with Crippen molar-refractivity contribution in [2.24, 2.45) is 0 Å². The Kier molecular flexibility index (Phi) is 4.60. The third-order valence-corrected chi connectivity index (χ3v) is 4.16. The Bertz CT molecular complexity index is 779. The molecule has 0 aliphatic rings. The van der Waals surface area contributed by atoms with Crippen LogP contribution in [0.4, 0.5) is 18.9 Å². The van der Waals surface area contributed by atoms with E-state index in [1.165, 1.54) is 43.3 Å². The molecule has 2 rings (SSSR count). The molecule has 0 heterocycles. The molecule has 0 aromatic heterocycles. The minimum atomic E-state index is -4.13. The second-order valence-corrected chi connectivity index (χ2v) is 6.07. The van der Waals surface area contributed by atoms with E-state index in [1.54, 1.807) is 0 Å². The Morgan fingerprint density at radius 1 is 1.14 bits per heavy atom. The third-order valence-electron chi connectivity index (χ3n) is 2.80. The van der Waals surface area contributed by atoms with Crippen molar-refractivity contribution in [2.45, 2.75) is 18.4 Å². The fraction of sp³-hybridized carbons (Fsp3) is 0.143. The van der Waals surface area contributed by atoms with Crippen LogP contribution in [0.5, 0.6) is 5.75 Å². The smallest absolute Gasteiger partial charge is 0.387 e. The molecule has 4 nitrogen and oxygen atoms in total. The van der Waals surface area contributed by atoms with Gasteiger partial charge in [-0.1, -0.05) is 18.2 Å². The number of aryl methyl sites for hydroxylation is 1. The lowest BCUT2D eigenvalue weighted by Crippen LogP contribution is -2.15. The first-order valence-electron chi connectivity index (χ1n) is 6.12. The first-order chi connectivity index (χ1) is 10.3. The predicted octanol–water partition coefficient (Wildman–Crippen LogP) is 3.54. The van der Waals surface area contributed by atoms with Crippen molar-refractivity contribution in [1.82, 2.24) is 0 Å². The van der Waals surface area contributed by atoms with Gasteiger partial charge in [-0.05, 0) is 36.8 Å². The van der Waals surface area contributed by atoms with Crippen molar-refractivity contribution in [3.05, 3.63) is 53.8 Å². The van der Waals surface area contributed by atoms with Crippen LogP contribution >= 0.6 is 0 Å². The van der Waals surface area contributed by atoms with Crippen LogP contribution < -0.4 is 9.46 Å². The summed E-state index contributed by atoms with van der Waals surface area (Å²) < 4.78 is 68.8. The summed E-state index contributed by atoms with van der Waals surface area (Å²) in [6.07, 6.45) is 0. The predicted molar refractivity (Wildman–Crippen MR) is 75.0 cm³/mol. The number of sulfonamides is 1. The molecular formula is C14H12F3NO3S. The summed E-state index contributed by atoms with van der Waals surface area (Å²) >= 11 is 0. The Labute approximate surface area is 125 Å². The van der Waals surface area contributed by atoms with Gasteiger partial charge in [0.25, 0.3) is 10.0 Å². The van der Waals surface area contributed by atoms with Crippen molar-refractivity contribution in [2.75, 3.05) is 4.72 Å². The molecule has 0 aliphatic carbocycles. The fourth-order valence-corrected chi connectivity index (χ4v) is 2.78. The number of anilines is 1. The molecule has 0 bridgehead atoms. The standard InChI is InChI=1S/C14H12F3NO3S/c1-9-6-7-10(8-11(9)15)22(19,20)18-12-4-2-3-5-13(12)21-14(16)17/h2-8,14,18H,1H3. The molecule has 0 saturated heterocycles. The van der Waals surface area contributed by atoms with Gasteiger partial charge < -0.3 is 4.74 Å². The maximum absolute atomic E-state index is 13.5. The van der Waals surface area contributed by atoms with Crippen LogP contribution in [0.2, 0.25) is 0 Å². The van der Waals surface area contributed by atoms with Crippen LogP contribution in [0, 0.1) is 12.7 Å². The molecule has 2 aromatic rings. The minimum absolute atomic E-state index is 0.163. The van der Waals surface area contributed by atoms with Gasteiger partial charge in [-0.25, -0.2) is 12.8 Å². The van der Waals surface area contributed by atoms with Gasteiger partial charge in [0.2, 0.25) is 0 Å². The monoisotopic (exact) mass is 331 g/mol. The molecule has 0 saturated carbocycles. The average Bonchev–Trinajstić information content (AvgIpc) is 2.43. The van der Waals surface area contributed by atoms with E-state index in [0.717, 1.165) is 6.07 Å². The minimum Gasteiger partial charge on any atom is -0.433 e. The van der Waals surface area contributed by atoms with E-state index in [1.807, 2.05) is 0 Å². The van der Waals surface area contributed by atoms with Crippen molar-refractivity contribution >= 4 is 15.7 Å². The number of para-hydroxylation sites is 2. The first-order valence-corrected chi connectivity index (χ1v) is 7.61. The largest absolute Gasteiger partial charge is 0.433 e. The van der Waals surface area contributed by atoms with Crippen molar-refractivity contribution in [1.29, 1.82) is 0 Å². The molecule has 0 aliphatic heterocycles. The lowest BCUT2D eigenvalue weighted by molar-refractivity contribution is -0.0493. The van der Waals surface area contributed by atoms with E-state index in [-0.39, 0.29) is 16.3 Å². The molecule has 8 heteroatoms. The summed E-state index contributed by atoms with van der Waals surface area (Å²) in [4.78, 5) is -0.317. The van der Waals surface area contributed by atoms with E-state index in [2.05, 4.69) is 9.46 Å². The van der Waals surface area contributed by atoms with Gasteiger partial charge in [-0.15, -0.1) is 0 Å². The number of rotatable bonds is 5. The van der Waals surface area contributed by atoms with Crippen LogP contribution in [0.1, 0.15) is 5.56 Å². The van der Waals surface area contributed by atoms with Gasteiger partial charge in [0.1, 0.15) is 11.6 Å². The number of ether oxygens (including phenoxy) is 1. The van der Waals surface area contributed by atoms with Crippen LogP contribution in [0.15, 0.2) is 47.4 Å². The topological polar surface area (TPSA) is 55.4 Å². The second kappa shape index (κ2) is 6.27. The number of nitrogens with one attached hydrogen (secondary N) is 1. The summed E-state index contributed by atoms with van der Waals surface area (Å²) in [6.45, 7) is -1.60. The molecule has 0 unspecified atom stereocenters. The molecule has 0 fully saturated rings. The van der Waals surface area contributed by atoms with Gasteiger partial charge in [-0.2, -0.15) is 8.78 Å². The first kappa shape index (κ1) is 16.2. The number of hydrogen-bond acceptors (Lipinski definition) is 3. The van der Waals surface area contributed by atoms with Gasteiger partial charge in [0.05, 0.1) is 10.6 Å². The molecular weight excluding hydrogens is 319 g/mol. The summed E-state index contributed by atoms with van der Waals surface area (Å²) in [7, 11) is -4.13. The molecule has 2 aromatic carbocycles. The van der Waals surface area contributed by atoms with Crippen molar-refractivity contribution in [3.63, 3.8) is 0 Å². The van der Waals surface area contributed by atoms with Gasteiger partial charge in [0.15, 0.2) is 0 Å². The molecule has 118 valence electrons. The van der Waals surface area contributed by atoms with E-state index in [4.69, 9.17) is 0 Å². The number of halogens is 3. The lowest BCUT2D eigenvalue weighted by Gasteiger charge is -2.13. The lowest BCUT2D eigenvalue weighted by atomic mass is 10.2. The van der Waals surface area contributed by atoms with Crippen molar-refractivity contribution < 1.29 is 26.3 Å². The van der Waals surface area contributed by atoms with E-state index < -0.39 is 22.5 Å². The Morgan fingerprint density at radius 2 is 1.82 bits per heavy atom. The highest BCUT2D eigenvalue weighted by Crippen LogP contribution is 2.28. The molecule has 0 amide bonds. The molecule has 1 N–H and O–H groups in total. The average molecular weight is 331 g/mol. The zero-order valence-electron chi connectivity index (χ0n) is 11.4. The summed E-state index contributed by atoms with van der Waals surface area (Å²) in [5.74, 6) is -1.01. The van der Waals surface area contributed by atoms with Gasteiger partial charge in [-0.3, -0.25) is 4.72 Å². The highest BCUT2D eigenvalue weighted by atomic mass is 32.2. The van der Waals surface area contributed by atoms with Gasteiger partial charge >= 0.3 is 6.61 Å². The number of alkyl halides is 2. The van der Waals surface area contributed by atoms with Crippen molar-refractivity contribution in [3.8, 4) is 5.75 Å². The Morgan fingerprint density at radius 3 is 2.45 bits per heavy atom. The normalized spacial score (nSPS) is 11.5. The Balaban J connectivity index is 2.35. The fourth-order valence-electron chi connectivity index (χ4n) is 1.69. The van der Waals surface area contributed by atoms with Gasteiger partial charge in [0, 0.05) is 0 Å². The number of benzene rings is 2. The summed E-state index contributed by atoms with van der Waals surface area (Å²) in [6, 6.07) is 8.71. The van der Waals surface area contributed by atoms with E-state index >= 15 is 0 Å². The highest BCUT2D eigenvalue weighted by molar-refractivity contribution is 7.92. The zero-order valence-corrected chi connectivity index (χ0v) is 12.2. The molecule has 22 heavy (non-hydrogen) atoms. The quantitative estimate of drug-likeness (QED) is 0.912. The zero-order chi connectivity index (χ0) is 16.3.